The van der Waals surface area contributed by atoms with Gasteiger partial charge in [-0.3, -0.25) is 4.79 Å². The summed E-state index contributed by atoms with van der Waals surface area (Å²) in [5.41, 5.74) is 7.61. The molecule has 0 fully saturated rings. The molecule has 6 nitrogen and oxygen atoms in total. The van der Waals surface area contributed by atoms with Crippen LogP contribution in [-0.4, -0.2) is 20.7 Å². The van der Waals surface area contributed by atoms with Crippen LogP contribution in [0.3, 0.4) is 0 Å². The zero-order chi connectivity index (χ0) is 14.1. The molecule has 2 heterocycles. The number of carbonyl (C=O) groups is 1. The zero-order valence-corrected chi connectivity index (χ0v) is 10.8. The van der Waals surface area contributed by atoms with E-state index in [2.05, 4.69) is 10.1 Å². The Bertz CT molecular complexity index is 759. The van der Waals surface area contributed by atoms with Crippen LogP contribution in [0.4, 0.5) is 5.95 Å². The van der Waals surface area contributed by atoms with E-state index in [1.54, 1.807) is 12.1 Å². The summed E-state index contributed by atoms with van der Waals surface area (Å²) in [6.07, 6.45) is 1.42. The molecule has 0 bridgehead atoms. The first-order valence-electron chi connectivity index (χ1n) is 6.03. The fourth-order valence-corrected chi connectivity index (χ4v) is 1.92. The molecule has 0 aliphatic carbocycles. The van der Waals surface area contributed by atoms with Crippen LogP contribution in [-0.2, 0) is 0 Å². The predicted molar refractivity (Wildman–Crippen MR) is 73.0 cm³/mol. The van der Waals surface area contributed by atoms with Gasteiger partial charge in [0.1, 0.15) is 0 Å². The Labute approximate surface area is 114 Å². The van der Waals surface area contributed by atoms with Gasteiger partial charge in [-0.05, 0) is 24.6 Å². The Morgan fingerprint density at radius 3 is 2.75 bits per heavy atom. The predicted octanol–water partition coefficient (Wildman–Crippen LogP) is 2.12. The Balaban J connectivity index is 2.04. The smallest absolute Gasteiger partial charge is 0.317 e. The summed E-state index contributed by atoms with van der Waals surface area (Å²) in [6.45, 7) is 1.95. The highest BCUT2D eigenvalue weighted by atomic mass is 16.3. The first-order valence-corrected chi connectivity index (χ1v) is 6.03. The normalized spacial score (nSPS) is 10.7. The Hall–Kier alpha value is -2.89. The SMILES string of the molecule is Cc1ccccc1-c1nc(N)n(C(=O)c2ccco2)n1. The van der Waals surface area contributed by atoms with Gasteiger partial charge in [-0.15, -0.1) is 5.10 Å². The van der Waals surface area contributed by atoms with E-state index in [4.69, 9.17) is 10.2 Å². The summed E-state index contributed by atoms with van der Waals surface area (Å²) in [7, 11) is 0. The van der Waals surface area contributed by atoms with E-state index in [1.807, 2.05) is 31.2 Å². The van der Waals surface area contributed by atoms with Gasteiger partial charge in [-0.1, -0.05) is 24.3 Å². The molecule has 3 rings (SSSR count). The maximum Gasteiger partial charge on any atom is 0.317 e. The number of aryl methyl sites for hydroxylation is 1. The summed E-state index contributed by atoms with van der Waals surface area (Å²) >= 11 is 0. The van der Waals surface area contributed by atoms with Gasteiger partial charge in [0.25, 0.3) is 0 Å². The molecule has 1 aromatic carbocycles. The van der Waals surface area contributed by atoms with Crippen molar-refractivity contribution in [2.24, 2.45) is 0 Å². The number of hydrogen-bond acceptors (Lipinski definition) is 5. The average Bonchev–Trinajstić information content (AvgIpc) is 3.08. The molecule has 20 heavy (non-hydrogen) atoms. The van der Waals surface area contributed by atoms with E-state index >= 15 is 0 Å². The van der Waals surface area contributed by atoms with Crippen molar-refractivity contribution in [2.45, 2.75) is 6.92 Å². The minimum absolute atomic E-state index is 0.0321. The van der Waals surface area contributed by atoms with Crippen molar-refractivity contribution in [3.8, 4) is 11.4 Å². The van der Waals surface area contributed by atoms with Crippen LogP contribution in [0.1, 0.15) is 16.1 Å². The third kappa shape index (κ3) is 1.97. The highest BCUT2D eigenvalue weighted by Gasteiger charge is 2.19. The number of anilines is 1. The van der Waals surface area contributed by atoms with Gasteiger partial charge in [-0.25, -0.2) is 0 Å². The summed E-state index contributed by atoms with van der Waals surface area (Å²) < 4.78 is 6.09. The molecule has 0 radical (unpaired) electrons. The number of nitrogens with two attached hydrogens (primary N) is 1. The first-order chi connectivity index (χ1) is 9.66. The van der Waals surface area contributed by atoms with Gasteiger partial charge in [0, 0.05) is 5.56 Å². The number of hydrogen-bond donors (Lipinski definition) is 1. The molecule has 2 aromatic heterocycles. The topological polar surface area (TPSA) is 86.9 Å². The third-order valence-electron chi connectivity index (χ3n) is 2.94. The van der Waals surface area contributed by atoms with Gasteiger partial charge >= 0.3 is 5.91 Å². The second-order valence-corrected chi connectivity index (χ2v) is 4.30. The van der Waals surface area contributed by atoms with Crippen molar-refractivity contribution in [1.82, 2.24) is 14.8 Å². The van der Waals surface area contributed by atoms with Crippen molar-refractivity contribution < 1.29 is 9.21 Å². The molecule has 100 valence electrons. The Kier molecular flexibility index (Phi) is 2.83. The van der Waals surface area contributed by atoms with Crippen LogP contribution >= 0.6 is 0 Å². The number of benzene rings is 1. The van der Waals surface area contributed by atoms with E-state index in [0.29, 0.717) is 5.82 Å². The van der Waals surface area contributed by atoms with Gasteiger partial charge in [0.2, 0.25) is 5.95 Å². The standard InChI is InChI=1S/C14H12N4O2/c1-9-5-2-3-6-10(9)12-16-14(15)18(17-12)13(19)11-7-4-8-20-11/h2-8H,1H3,(H2,15,16,17). The van der Waals surface area contributed by atoms with Crippen molar-refractivity contribution in [3.05, 3.63) is 54.0 Å². The summed E-state index contributed by atoms with van der Waals surface area (Å²) in [5, 5.41) is 4.17. The van der Waals surface area contributed by atoms with Crippen LogP contribution in [0, 0.1) is 6.92 Å². The molecular formula is C14H12N4O2. The lowest BCUT2D eigenvalue weighted by Crippen LogP contribution is -2.15. The molecule has 0 saturated carbocycles. The quantitative estimate of drug-likeness (QED) is 0.769. The third-order valence-corrected chi connectivity index (χ3v) is 2.94. The van der Waals surface area contributed by atoms with E-state index in [9.17, 15) is 4.79 Å². The van der Waals surface area contributed by atoms with Crippen LogP contribution in [0.5, 0.6) is 0 Å². The number of rotatable bonds is 2. The lowest BCUT2D eigenvalue weighted by molar-refractivity contribution is 0.0920. The maximum atomic E-state index is 12.1. The molecule has 6 heteroatoms. The molecule has 0 saturated heterocycles. The van der Waals surface area contributed by atoms with Gasteiger partial charge in [0.05, 0.1) is 6.26 Å². The van der Waals surface area contributed by atoms with Crippen LogP contribution in [0.15, 0.2) is 47.1 Å². The van der Waals surface area contributed by atoms with E-state index < -0.39 is 5.91 Å². The molecule has 2 N–H and O–H groups in total. The molecule has 0 atom stereocenters. The molecule has 0 aliphatic rings. The van der Waals surface area contributed by atoms with Gasteiger partial charge in [-0.2, -0.15) is 9.67 Å². The summed E-state index contributed by atoms with van der Waals surface area (Å²) in [5.74, 6) is 0.169. The van der Waals surface area contributed by atoms with E-state index in [-0.39, 0.29) is 11.7 Å². The molecule has 0 amide bonds. The molecule has 0 unspecified atom stereocenters. The first kappa shape index (κ1) is 12.2. The van der Waals surface area contributed by atoms with Crippen molar-refractivity contribution in [3.63, 3.8) is 0 Å². The van der Waals surface area contributed by atoms with Gasteiger partial charge < -0.3 is 10.2 Å². The number of furan rings is 1. The van der Waals surface area contributed by atoms with Crippen LogP contribution < -0.4 is 5.73 Å². The molecule has 0 spiro atoms. The number of nitrogen functional groups attached to an aromatic ring is 1. The molecule has 3 aromatic rings. The van der Waals surface area contributed by atoms with Crippen molar-refractivity contribution in [2.75, 3.05) is 5.73 Å². The second-order valence-electron chi connectivity index (χ2n) is 4.30. The van der Waals surface area contributed by atoms with Crippen molar-refractivity contribution in [1.29, 1.82) is 0 Å². The fraction of sp³-hybridized carbons (Fsp3) is 0.0714. The lowest BCUT2D eigenvalue weighted by atomic mass is 10.1. The fourth-order valence-electron chi connectivity index (χ4n) is 1.92. The average molecular weight is 268 g/mol. The number of nitrogens with zero attached hydrogens (tertiary/aromatic N) is 3. The Morgan fingerprint density at radius 2 is 2.05 bits per heavy atom. The maximum absolute atomic E-state index is 12.1. The van der Waals surface area contributed by atoms with Gasteiger partial charge in [0.15, 0.2) is 11.6 Å². The van der Waals surface area contributed by atoms with Crippen LogP contribution in [0.2, 0.25) is 0 Å². The lowest BCUT2D eigenvalue weighted by Gasteiger charge is -1.99. The Morgan fingerprint density at radius 1 is 1.25 bits per heavy atom. The largest absolute Gasteiger partial charge is 0.459 e. The highest BCUT2D eigenvalue weighted by molar-refractivity contribution is 5.94. The zero-order valence-electron chi connectivity index (χ0n) is 10.8. The minimum Gasteiger partial charge on any atom is -0.459 e. The monoisotopic (exact) mass is 268 g/mol. The summed E-state index contributed by atoms with van der Waals surface area (Å²) in [6, 6.07) is 10.8. The second kappa shape index (κ2) is 4.65. The van der Waals surface area contributed by atoms with Crippen molar-refractivity contribution >= 4 is 11.9 Å². The summed E-state index contributed by atoms with van der Waals surface area (Å²) in [4.78, 5) is 16.3. The van der Waals surface area contributed by atoms with E-state index in [0.717, 1.165) is 15.8 Å². The van der Waals surface area contributed by atoms with Crippen LogP contribution in [0.25, 0.3) is 11.4 Å². The highest BCUT2D eigenvalue weighted by Crippen LogP contribution is 2.21. The molecule has 0 aliphatic heterocycles. The van der Waals surface area contributed by atoms with E-state index in [1.165, 1.54) is 6.26 Å². The number of aromatic nitrogens is 3. The number of carbonyl (C=O) groups excluding carboxylic acids is 1. The molecular weight excluding hydrogens is 256 g/mol. The minimum atomic E-state index is -0.445.